The van der Waals surface area contributed by atoms with E-state index in [2.05, 4.69) is 160 Å². The molecule has 0 saturated carbocycles. The molecule has 0 atom stereocenters. The van der Waals surface area contributed by atoms with Crippen molar-refractivity contribution in [2.75, 3.05) is 0 Å². The van der Waals surface area contributed by atoms with Gasteiger partial charge in [-0.05, 0) is 91.2 Å². The summed E-state index contributed by atoms with van der Waals surface area (Å²) < 4.78 is 0. The molecule has 0 aromatic carbocycles. The molecule has 1 heteroatoms. The average Bonchev–Trinajstić information content (AvgIpc) is 2.94. The van der Waals surface area contributed by atoms with Gasteiger partial charge < -0.3 is 0 Å². The van der Waals surface area contributed by atoms with Crippen molar-refractivity contribution < 1.29 is 4.79 Å². The van der Waals surface area contributed by atoms with Gasteiger partial charge in [0.25, 0.3) is 0 Å². The number of carbonyl (C=O) groups excluding carboxylic acids is 1. The topological polar surface area (TPSA) is 17.1 Å². The minimum absolute atomic E-state index is 0.0494. The van der Waals surface area contributed by atoms with Gasteiger partial charge in [-0.2, -0.15) is 0 Å². The zero-order valence-electron chi connectivity index (χ0n) is 29.5. The maximum absolute atomic E-state index is 12.1. The van der Waals surface area contributed by atoms with Crippen LogP contribution in [-0.4, -0.2) is 5.78 Å². The molecule has 0 aromatic rings. The maximum Gasteiger partial charge on any atom is 0.158 e. The smallest absolute Gasteiger partial charge is 0.158 e. The number of hydrogen-bond donors (Lipinski definition) is 0. The average molecular weight is 581 g/mol. The molecule has 0 bridgehead atoms. The second-order valence-electron chi connectivity index (χ2n) is 12.1. The van der Waals surface area contributed by atoms with Gasteiger partial charge in [-0.25, -0.2) is 0 Å². The van der Waals surface area contributed by atoms with Gasteiger partial charge in [-0.15, -0.1) is 0 Å². The molecule has 0 N–H and O–H groups in total. The first-order valence-electron chi connectivity index (χ1n) is 15.9. The largest absolute Gasteiger partial charge is 0.295 e. The third-order valence-corrected chi connectivity index (χ3v) is 7.14. The minimum atomic E-state index is 0.0494. The normalized spacial score (nSPS) is 17.7. The fourth-order valence-electron chi connectivity index (χ4n) is 4.35. The van der Waals surface area contributed by atoms with Gasteiger partial charge >= 0.3 is 0 Å². The standard InChI is InChI=1S/C40H54O.C2H6/c1-31(2)17-13-20-34(5)23-15-25-35(6)24-14-21-32(3)18-11-12-19-33(4)22-16-26-36(7)27-28-38-37(8)39(41)29-30-40(38,9)10;1-2/h11-12,14-19,21-28H,13,20,29-30H2,1-10H3;1-2H3/b12-11+,21-14+,22-16+,25-15+,28-27+,32-18+,33-19+,34-23+,35-24+,36-26+;. The molecule has 0 radical (unpaired) electrons. The molecule has 1 rings (SSSR count). The first-order valence-corrected chi connectivity index (χ1v) is 15.9. The molecule has 0 amide bonds. The van der Waals surface area contributed by atoms with Gasteiger partial charge in [0.2, 0.25) is 0 Å². The molecule has 0 saturated heterocycles. The second kappa shape index (κ2) is 22.1. The van der Waals surface area contributed by atoms with Crippen LogP contribution < -0.4 is 0 Å². The third kappa shape index (κ3) is 18.6. The summed E-state index contributed by atoms with van der Waals surface area (Å²) >= 11 is 0. The first kappa shape index (κ1) is 39.6. The molecular weight excluding hydrogens is 520 g/mol. The lowest BCUT2D eigenvalue weighted by molar-refractivity contribution is -0.116. The van der Waals surface area contributed by atoms with Crippen LogP contribution in [0.3, 0.4) is 0 Å². The molecule has 0 heterocycles. The van der Waals surface area contributed by atoms with Crippen molar-refractivity contribution in [2.24, 2.45) is 5.41 Å². The number of carbonyl (C=O) groups is 1. The highest BCUT2D eigenvalue weighted by molar-refractivity contribution is 5.97. The Labute approximate surface area is 266 Å². The van der Waals surface area contributed by atoms with Crippen LogP contribution in [0.25, 0.3) is 0 Å². The van der Waals surface area contributed by atoms with Crippen molar-refractivity contribution in [3.8, 4) is 0 Å². The van der Waals surface area contributed by atoms with Crippen LogP contribution in [0.1, 0.15) is 109 Å². The molecular formula is C42H60O. The van der Waals surface area contributed by atoms with Gasteiger partial charge in [0.15, 0.2) is 5.78 Å². The molecule has 1 aliphatic rings. The van der Waals surface area contributed by atoms with Gasteiger partial charge in [0.1, 0.15) is 0 Å². The lowest BCUT2D eigenvalue weighted by Crippen LogP contribution is -2.24. The van der Waals surface area contributed by atoms with E-state index in [1.54, 1.807) is 0 Å². The van der Waals surface area contributed by atoms with Crippen molar-refractivity contribution in [1.82, 2.24) is 0 Å². The monoisotopic (exact) mass is 580 g/mol. The highest BCUT2D eigenvalue weighted by Crippen LogP contribution is 2.39. The summed E-state index contributed by atoms with van der Waals surface area (Å²) in [5.41, 5.74) is 9.67. The Bertz CT molecular complexity index is 1260. The van der Waals surface area contributed by atoms with Crippen molar-refractivity contribution >= 4 is 5.78 Å². The van der Waals surface area contributed by atoms with Gasteiger partial charge in [-0.3, -0.25) is 4.79 Å². The van der Waals surface area contributed by atoms with Crippen molar-refractivity contribution in [3.63, 3.8) is 0 Å². The zero-order chi connectivity index (χ0) is 32.8. The Hall–Kier alpha value is -3.45. The molecule has 1 aliphatic carbocycles. The van der Waals surface area contributed by atoms with Crippen molar-refractivity contribution in [2.45, 2.75) is 109 Å². The molecule has 1 nitrogen and oxygen atoms in total. The van der Waals surface area contributed by atoms with Gasteiger partial charge in [0.05, 0.1) is 0 Å². The molecule has 0 spiro atoms. The van der Waals surface area contributed by atoms with Crippen LogP contribution in [0.2, 0.25) is 0 Å². The Balaban J connectivity index is 0.00000862. The zero-order valence-corrected chi connectivity index (χ0v) is 29.5. The van der Waals surface area contributed by atoms with E-state index < -0.39 is 0 Å². The van der Waals surface area contributed by atoms with E-state index in [1.165, 1.54) is 27.9 Å². The molecule has 0 unspecified atom stereocenters. The lowest BCUT2D eigenvalue weighted by Gasteiger charge is -2.32. The van der Waals surface area contributed by atoms with Crippen LogP contribution in [0.4, 0.5) is 0 Å². The Morgan fingerprint density at radius 1 is 0.674 bits per heavy atom. The fourth-order valence-corrected chi connectivity index (χ4v) is 4.35. The van der Waals surface area contributed by atoms with Crippen LogP contribution in [-0.2, 0) is 4.79 Å². The number of allylic oxidation sites excluding steroid dienone is 24. The summed E-state index contributed by atoms with van der Waals surface area (Å²) in [6, 6.07) is 0. The molecule has 234 valence electrons. The van der Waals surface area contributed by atoms with Crippen LogP contribution in [0, 0.1) is 5.41 Å². The SMILES string of the molecule is CC.CC(C)=CCC/C(C)=C/C=C/C(C)=C/C=C/C(C)=C/C=C/C=C(C)/C=C/C=C(C)/C=C/C1=C(C)C(=O)CCC1(C)C. The highest BCUT2D eigenvalue weighted by atomic mass is 16.1. The number of Topliss-reactive ketones (excluding diaryl/α,β-unsaturated/α-hetero) is 1. The summed E-state index contributed by atoms with van der Waals surface area (Å²) in [6.07, 6.45) is 37.8. The van der Waals surface area contributed by atoms with Gasteiger partial charge in [0, 0.05) is 6.42 Å². The minimum Gasteiger partial charge on any atom is -0.295 e. The first-order chi connectivity index (χ1) is 20.3. The van der Waals surface area contributed by atoms with Crippen LogP contribution in [0.5, 0.6) is 0 Å². The van der Waals surface area contributed by atoms with Crippen LogP contribution >= 0.6 is 0 Å². The summed E-state index contributed by atoms with van der Waals surface area (Å²) in [5, 5.41) is 0. The van der Waals surface area contributed by atoms with E-state index >= 15 is 0 Å². The lowest BCUT2D eigenvalue weighted by atomic mass is 9.72. The van der Waals surface area contributed by atoms with E-state index in [4.69, 9.17) is 0 Å². The van der Waals surface area contributed by atoms with E-state index in [1.807, 2.05) is 20.8 Å². The van der Waals surface area contributed by atoms with Crippen molar-refractivity contribution in [3.05, 3.63) is 142 Å². The Morgan fingerprint density at radius 2 is 1.12 bits per heavy atom. The molecule has 43 heavy (non-hydrogen) atoms. The van der Waals surface area contributed by atoms with Crippen LogP contribution in [0.15, 0.2) is 142 Å². The van der Waals surface area contributed by atoms with E-state index in [9.17, 15) is 4.79 Å². The van der Waals surface area contributed by atoms with Crippen molar-refractivity contribution in [1.29, 1.82) is 0 Å². The quantitative estimate of drug-likeness (QED) is 0.156. The fraction of sp³-hybridized carbons (Fsp3) is 0.405. The Morgan fingerprint density at radius 3 is 1.60 bits per heavy atom. The predicted molar refractivity (Wildman–Crippen MR) is 195 cm³/mol. The Kier molecular flexibility index (Phi) is 20.4. The van der Waals surface area contributed by atoms with E-state index in [0.29, 0.717) is 6.42 Å². The number of ketones is 1. The summed E-state index contributed by atoms with van der Waals surface area (Å²) in [5.74, 6) is 0.278. The third-order valence-electron chi connectivity index (χ3n) is 7.14. The number of hydrogen-bond acceptors (Lipinski definition) is 1. The molecule has 0 fully saturated rings. The summed E-state index contributed by atoms with van der Waals surface area (Å²) in [7, 11) is 0. The van der Waals surface area contributed by atoms with E-state index in [-0.39, 0.29) is 11.2 Å². The second-order valence-corrected chi connectivity index (χ2v) is 12.1. The maximum atomic E-state index is 12.1. The van der Waals surface area contributed by atoms with E-state index in [0.717, 1.165) is 36.0 Å². The summed E-state index contributed by atoms with van der Waals surface area (Å²) in [6.45, 7) is 25.3. The van der Waals surface area contributed by atoms with Gasteiger partial charge in [-0.1, -0.05) is 158 Å². The molecule has 0 aromatic heterocycles. The molecule has 0 aliphatic heterocycles. The summed E-state index contributed by atoms with van der Waals surface area (Å²) in [4.78, 5) is 12.1. The number of rotatable bonds is 13. The highest BCUT2D eigenvalue weighted by Gasteiger charge is 2.30. The predicted octanol–water partition coefficient (Wildman–Crippen LogP) is 13.0.